The van der Waals surface area contributed by atoms with Gasteiger partial charge in [0.2, 0.25) is 5.71 Å². The van der Waals surface area contributed by atoms with Crippen LogP contribution < -0.4 is 10.1 Å². The topological polar surface area (TPSA) is 64.4 Å². The van der Waals surface area contributed by atoms with Crippen LogP contribution in [0.5, 0.6) is 5.75 Å². The Kier molecular flexibility index (Phi) is 4.66. The number of aromatic nitrogens is 1. The standard InChI is InChI=1S/C25H24N2O3/c1-29-20-10-9-17-13-18-14-22(30-24(18)27-21(17)15-20)23(28)26-16-25(11-5-6-12-25)19-7-3-2-4-8-19/h2-4,7-10,13-15H,5-6,11-12,16H2,1H3,(H,26,28). The van der Waals surface area contributed by atoms with E-state index in [4.69, 9.17) is 9.15 Å². The summed E-state index contributed by atoms with van der Waals surface area (Å²) < 4.78 is 11.1. The van der Waals surface area contributed by atoms with Crippen molar-refractivity contribution in [3.63, 3.8) is 0 Å². The van der Waals surface area contributed by atoms with Crippen LogP contribution in [0.4, 0.5) is 0 Å². The molecule has 4 aromatic rings. The van der Waals surface area contributed by atoms with Crippen LogP contribution in [-0.2, 0) is 5.41 Å². The Morgan fingerprint density at radius 2 is 1.87 bits per heavy atom. The van der Waals surface area contributed by atoms with Crippen molar-refractivity contribution >= 4 is 27.9 Å². The van der Waals surface area contributed by atoms with E-state index in [0.717, 1.165) is 34.9 Å². The van der Waals surface area contributed by atoms with Crippen LogP contribution in [0, 0.1) is 0 Å². The van der Waals surface area contributed by atoms with E-state index < -0.39 is 0 Å². The highest BCUT2D eigenvalue weighted by atomic mass is 16.5. The van der Waals surface area contributed by atoms with E-state index in [1.807, 2.05) is 30.3 Å². The average Bonchev–Trinajstić information content (AvgIpc) is 3.43. The van der Waals surface area contributed by atoms with Gasteiger partial charge in [0, 0.05) is 28.8 Å². The van der Waals surface area contributed by atoms with Crippen LogP contribution in [0.3, 0.4) is 0 Å². The van der Waals surface area contributed by atoms with Crippen LogP contribution >= 0.6 is 0 Å². The Labute approximate surface area is 175 Å². The molecule has 0 bridgehead atoms. The fraction of sp³-hybridized carbons (Fsp3) is 0.280. The summed E-state index contributed by atoms with van der Waals surface area (Å²) in [7, 11) is 1.63. The second-order valence-corrected chi connectivity index (χ2v) is 8.09. The number of hydrogen-bond acceptors (Lipinski definition) is 4. The third-order valence-corrected chi connectivity index (χ3v) is 6.27. The lowest BCUT2D eigenvalue weighted by Crippen LogP contribution is -2.38. The number of nitrogens with zero attached hydrogens (tertiary/aromatic N) is 1. The second-order valence-electron chi connectivity index (χ2n) is 8.09. The molecule has 5 rings (SSSR count). The smallest absolute Gasteiger partial charge is 0.287 e. The first-order valence-electron chi connectivity index (χ1n) is 10.4. The van der Waals surface area contributed by atoms with Crippen molar-refractivity contribution in [1.82, 2.24) is 10.3 Å². The van der Waals surface area contributed by atoms with Crippen molar-refractivity contribution in [3.8, 4) is 5.75 Å². The highest BCUT2D eigenvalue weighted by Gasteiger charge is 2.36. The van der Waals surface area contributed by atoms with Gasteiger partial charge in [0.15, 0.2) is 5.76 Å². The molecule has 1 saturated carbocycles. The minimum Gasteiger partial charge on any atom is -0.497 e. The number of benzene rings is 2. The minimum atomic E-state index is -0.197. The third-order valence-electron chi connectivity index (χ3n) is 6.27. The average molecular weight is 400 g/mol. The molecule has 30 heavy (non-hydrogen) atoms. The lowest BCUT2D eigenvalue weighted by atomic mass is 9.79. The number of pyridine rings is 1. The maximum atomic E-state index is 12.9. The Morgan fingerprint density at radius 3 is 2.63 bits per heavy atom. The zero-order valence-corrected chi connectivity index (χ0v) is 17.0. The van der Waals surface area contributed by atoms with Gasteiger partial charge in [0.1, 0.15) is 5.75 Å². The van der Waals surface area contributed by atoms with Crippen LogP contribution in [0.15, 0.2) is 65.1 Å². The normalized spacial score (nSPS) is 15.5. The molecule has 5 heteroatoms. The fourth-order valence-corrected chi connectivity index (χ4v) is 4.59. The summed E-state index contributed by atoms with van der Waals surface area (Å²) in [4.78, 5) is 17.4. The van der Waals surface area contributed by atoms with E-state index in [9.17, 15) is 4.79 Å². The van der Waals surface area contributed by atoms with Crippen molar-refractivity contribution in [3.05, 3.63) is 72.0 Å². The Balaban J connectivity index is 1.39. The summed E-state index contributed by atoms with van der Waals surface area (Å²) in [6.45, 7) is 0.611. The number of methoxy groups -OCH3 is 1. The molecule has 0 atom stereocenters. The lowest BCUT2D eigenvalue weighted by Gasteiger charge is -2.29. The maximum Gasteiger partial charge on any atom is 0.287 e. The summed E-state index contributed by atoms with van der Waals surface area (Å²) in [6.07, 6.45) is 4.56. The molecule has 1 amide bonds. The van der Waals surface area contributed by atoms with Gasteiger partial charge >= 0.3 is 0 Å². The number of furan rings is 1. The number of carbonyl (C=O) groups is 1. The first kappa shape index (κ1) is 18.7. The third kappa shape index (κ3) is 3.30. The van der Waals surface area contributed by atoms with Crippen molar-refractivity contribution < 1.29 is 13.9 Å². The highest BCUT2D eigenvalue weighted by molar-refractivity contribution is 5.98. The molecule has 1 aliphatic carbocycles. The zero-order chi connectivity index (χ0) is 20.6. The van der Waals surface area contributed by atoms with Gasteiger partial charge in [-0.15, -0.1) is 0 Å². The maximum absolute atomic E-state index is 12.9. The van der Waals surface area contributed by atoms with Crippen LogP contribution in [0.2, 0.25) is 0 Å². The van der Waals surface area contributed by atoms with Gasteiger partial charge in [-0.2, -0.15) is 0 Å². The number of rotatable bonds is 5. The molecular weight excluding hydrogens is 376 g/mol. The summed E-state index contributed by atoms with van der Waals surface area (Å²) in [5.41, 5.74) is 2.54. The van der Waals surface area contributed by atoms with Crippen LogP contribution in [0.1, 0.15) is 41.8 Å². The number of hydrogen-bond donors (Lipinski definition) is 1. The molecule has 1 fully saturated rings. The Morgan fingerprint density at radius 1 is 1.07 bits per heavy atom. The number of carbonyl (C=O) groups excluding carboxylic acids is 1. The predicted octanol–water partition coefficient (Wildman–Crippen LogP) is 5.23. The van der Waals surface area contributed by atoms with Crippen LogP contribution in [0.25, 0.3) is 22.0 Å². The van der Waals surface area contributed by atoms with E-state index in [2.05, 4.69) is 34.6 Å². The van der Waals surface area contributed by atoms with Gasteiger partial charge in [-0.3, -0.25) is 4.79 Å². The number of amides is 1. The molecule has 1 aliphatic rings. The molecule has 5 nitrogen and oxygen atoms in total. The van der Waals surface area contributed by atoms with Gasteiger partial charge < -0.3 is 14.5 Å². The first-order valence-corrected chi connectivity index (χ1v) is 10.4. The van der Waals surface area contributed by atoms with Gasteiger partial charge in [-0.05, 0) is 42.7 Å². The van der Waals surface area contributed by atoms with E-state index in [-0.39, 0.29) is 11.3 Å². The first-order chi connectivity index (χ1) is 14.7. The van der Waals surface area contributed by atoms with Gasteiger partial charge in [-0.25, -0.2) is 4.98 Å². The molecule has 0 spiro atoms. The van der Waals surface area contributed by atoms with Gasteiger partial charge in [0.25, 0.3) is 5.91 Å². The Hall–Kier alpha value is -3.34. The number of ether oxygens (including phenoxy) is 1. The van der Waals surface area contributed by atoms with Crippen molar-refractivity contribution in [1.29, 1.82) is 0 Å². The van der Waals surface area contributed by atoms with Gasteiger partial charge in [0.05, 0.1) is 12.6 Å². The molecule has 0 aliphatic heterocycles. The SMILES string of the molecule is COc1ccc2cc3cc(C(=O)NCC4(c5ccccc5)CCCC4)oc3nc2c1. The molecule has 1 N–H and O–H groups in total. The molecular formula is C25H24N2O3. The largest absolute Gasteiger partial charge is 0.497 e. The number of fused-ring (bicyclic) bond motifs is 2. The van der Waals surface area contributed by atoms with E-state index >= 15 is 0 Å². The monoisotopic (exact) mass is 400 g/mol. The summed E-state index contributed by atoms with van der Waals surface area (Å²) >= 11 is 0. The summed E-state index contributed by atoms with van der Waals surface area (Å²) in [6, 6.07) is 20.0. The molecule has 2 aromatic carbocycles. The van der Waals surface area contributed by atoms with E-state index in [0.29, 0.717) is 18.0 Å². The molecule has 152 valence electrons. The van der Waals surface area contributed by atoms with Crippen LogP contribution in [-0.4, -0.2) is 24.5 Å². The molecule has 2 heterocycles. The second kappa shape index (κ2) is 7.48. The fourth-order valence-electron chi connectivity index (χ4n) is 4.59. The van der Waals surface area contributed by atoms with Gasteiger partial charge in [-0.1, -0.05) is 43.2 Å². The summed E-state index contributed by atoms with van der Waals surface area (Å²) in [5, 5.41) is 4.91. The molecule has 2 aromatic heterocycles. The van der Waals surface area contributed by atoms with Crippen molar-refractivity contribution in [2.45, 2.75) is 31.1 Å². The van der Waals surface area contributed by atoms with E-state index in [1.54, 1.807) is 13.2 Å². The Bertz CT molecular complexity index is 1210. The molecule has 0 saturated heterocycles. The highest BCUT2D eigenvalue weighted by Crippen LogP contribution is 2.40. The quantitative estimate of drug-likeness (QED) is 0.498. The van der Waals surface area contributed by atoms with Crippen molar-refractivity contribution in [2.24, 2.45) is 0 Å². The van der Waals surface area contributed by atoms with E-state index in [1.165, 1.54) is 18.4 Å². The molecule has 0 radical (unpaired) electrons. The summed E-state index contributed by atoms with van der Waals surface area (Å²) in [5.74, 6) is 0.833. The molecule has 0 unspecified atom stereocenters. The minimum absolute atomic E-state index is 0.00637. The lowest BCUT2D eigenvalue weighted by molar-refractivity contribution is 0.0917. The van der Waals surface area contributed by atoms with Crippen molar-refractivity contribution in [2.75, 3.05) is 13.7 Å². The zero-order valence-electron chi connectivity index (χ0n) is 17.0. The number of nitrogens with one attached hydrogen (secondary N) is 1. The predicted molar refractivity (Wildman–Crippen MR) is 117 cm³/mol.